The second-order valence-electron chi connectivity index (χ2n) is 3.47. The van der Waals surface area contributed by atoms with Gasteiger partial charge in [0.2, 0.25) is 0 Å². The highest BCUT2D eigenvalue weighted by Crippen LogP contribution is 2.19. The second-order valence-corrected chi connectivity index (χ2v) is 3.47. The minimum absolute atomic E-state index is 0.531. The van der Waals surface area contributed by atoms with Gasteiger partial charge in [0.1, 0.15) is 24.4 Å². The quantitative estimate of drug-likeness (QED) is 0.298. The van der Waals surface area contributed by atoms with Crippen LogP contribution >= 0.6 is 0 Å². The average Bonchev–Trinajstić information content (AvgIpc) is 2.29. The highest BCUT2D eigenvalue weighted by Gasteiger charge is 2.43. The zero-order valence-electron chi connectivity index (χ0n) is 8.70. The van der Waals surface area contributed by atoms with E-state index < -0.39 is 43.3 Å². The van der Waals surface area contributed by atoms with Crippen LogP contribution in [0.25, 0.3) is 0 Å². The molecule has 0 aromatic heterocycles. The molecule has 0 aromatic carbocycles. The number of hydrogen-bond acceptors (Lipinski definition) is 6. The number of urea groups is 1. The average molecular weight is 236 g/mol. The van der Waals surface area contributed by atoms with E-state index in [2.05, 4.69) is 10.6 Å². The molecule has 0 spiro atoms. The van der Waals surface area contributed by atoms with Crippen molar-refractivity contribution in [2.45, 2.75) is 30.6 Å². The monoisotopic (exact) mass is 236 g/mol. The molecule has 16 heavy (non-hydrogen) atoms. The molecule has 0 aliphatic carbocycles. The molecule has 8 heteroatoms. The zero-order chi connectivity index (χ0) is 12.3. The first-order valence-electron chi connectivity index (χ1n) is 4.80. The molecule has 94 valence electrons. The summed E-state index contributed by atoms with van der Waals surface area (Å²) in [5.74, 6) is 0. The molecule has 2 amide bonds. The zero-order valence-corrected chi connectivity index (χ0v) is 8.70. The van der Waals surface area contributed by atoms with Crippen molar-refractivity contribution in [1.82, 2.24) is 10.6 Å². The van der Waals surface area contributed by atoms with Gasteiger partial charge in [-0.1, -0.05) is 0 Å². The van der Waals surface area contributed by atoms with Gasteiger partial charge >= 0.3 is 6.03 Å². The normalized spacial score (nSPS) is 39.2. The van der Waals surface area contributed by atoms with Crippen molar-refractivity contribution in [3.63, 3.8) is 0 Å². The molecule has 0 radical (unpaired) electrons. The van der Waals surface area contributed by atoms with Crippen LogP contribution in [0.1, 0.15) is 0 Å². The Bertz CT molecular complexity index is 249. The summed E-state index contributed by atoms with van der Waals surface area (Å²) in [6, 6.07) is -0.607. The number of aliphatic hydroxyl groups is 4. The summed E-state index contributed by atoms with van der Waals surface area (Å²) in [6.07, 6.45) is -6.60. The molecule has 1 heterocycles. The highest BCUT2D eigenvalue weighted by molar-refractivity contribution is 5.73. The van der Waals surface area contributed by atoms with Gasteiger partial charge in [-0.05, 0) is 0 Å². The van der Waals surface area contributed by atoms with Crippen molar-refractivity contribution in [3.8, 4) is 0 Å². The number of ether oxygens (including phenoxy) is 1. The summed E-state index contributed by atoms with van der Waals surface area (Å²) in [5, 5.41) is 41.7. The summed E-state index contributed by atoms with van der Waals surface area (Å²) < 4.78 is 5.02. The van der Waals surface area contributed by atoms with E-state index in [-0.39, 0.29) is 0 Å². The van der Waals surface area contributed by atoms with Crippen LogP contribution in [-0.2, 0) is 4.74 Å². The molecular weight excluding hydrogens is 220 g/mol. The lowest BCUT2D eigenvalue weighted by Gasteiger charge is -2.39. The van der Waals surface area contributed by atoms with Crippen LogP contribution in [0.2, 0.25) is 0 Å². The number of aliphatic hydroxyl groups excluding tert-OH is 4. The Hall–Kier alpha value is -0.930. The first-order valence-corrected chi connectivity index (χ1v) is 4.80. The molecule has 5 atom stereocenters. The van der Waals surface area contributed by atoms with E-state index in [4.69, 9.17) is 9.84 Å². The van der Waals surface area contributed by atoms with Crippen molar-refractivity contribution >= 4 is 6.03 Å². The molecule has 8 nitrogen and oxygen atoms in total. The van der Waals surface area contributed by atoms with E-state index in [0.717, 1.165) is 0 Å². The number of nitrogens with one attached hydrogen (secondary N) is 2. The van der Waals surface area contributed by atoms with Gasteiger partial charge in [0, 0.05) is 7.05 Å². The number of rotatable bonds is 2. The van der Waals surface area contributed by atoms with Crippen LogP contribution in [-0.4, -0.2) is 70.8 Å². The van der Waals surface area contributed by atoms with Gasteiger partial charge in [0.15, 0.2) is 6.23 Å². The minimum atomic E-state index is -1.49. The lowest BCUT2D eigenvalue weighted by Crippen LogP contribution is -2.63. The Balaban J connectivity index is 2.67. The van der Waals surface area contributed by atoms with Crippen LogP contribution < -0.4 is 10.6 Å². The smallest absolute Gasteiger partial charge is 0.316 e. The number of carbonyl (C=O) groups excluding carboxylic acids is 1. The van der Waals surface area contributed by atoms with Crippen molar-refractivity contribution < 1.29 is 30.0 Å². The molecule has 0 saturated carbocycles. The van der Waals surface area contributed by atoms with Crippen LogP contribution in [0.4, 0.5) is 4.79 Å². The fourth-order valence-corrected chi connectivity index (χ4v) is 1.42. The molecule has 1 rings (SSSR count). The third kappa shape index (κ3) is 2.60. The standard InChI is InChI=1S/C8H16N2O6/c1-9-8(15)10-7-6(14)5(13)4(12)3(2-11)16-7/h3-7,11-14H,2H2,1H3,(H2,9,10,15)/t3-,4+,5+,6-,7+/m0/s1. The minimum Gasteiger partial charge on any atom is -0.394 e. The van der Waals surface area contributed by atoms with Gasteiger partial charge in [-0.2, -0.15) is 0 Å². The van der Waals surface area contributed by atoms with E-state index in [1.165, 1.54) is 7.05 Å². The van der Waals surface area contributed by atoms with Gasteiger partial charge in [0.25, 0.3) is 0 Å². The molecule has 1 aliphatic rings. The van der Waals surface area contributed by atoms with E-state index in [1.54, 1.807) is 0 Å². The third-order valence-electron chi connectivity index (χ3n) is 2.39. The third-order valence-corrected chi connectivity index (χ3v) is 2.39. The summed E-state index contributed by atoms with van der Waals surface area (Å²) in [5.41, 5.74) is 0. The topological polar surface area (TPSA) is 131 Å². The van der Waals surface area contributed by atoms with Gasteiger partial charge in [-0.3, -0.25) is 0 Å². The summed E-state index contributed by atoms with van der Waals surface area (Å²) in [7, 11) is 1.37. The van der Waals surface area contributed by atoms with Crippen molar-refractivity contribution in [3.05, 3.63) is 0 Å². The molecule has 6 N–H and O–H groups in total. The van der Waals surface area contributed by atoms with E-state index in [0.29, 0.717) is 0 Å². The Morgan fingerprint density at radius 3 is 2.38 bits per heavy atom. The first-order chi connectivity index (χ1) is 7.51. The molecule has 1 aliphatic heterocycles. The van der Waals surface area contributed by atoms with E-state index in [9.17, 15) is 20.1 Å². The molecular formula is C8H16N2O6. The predicted octanol–water partition coefficient (Wildman–Crippen LogP) is -3.28. The lowest BCUT2D eigenvalue weighted by molar-refractivity contribution is -0.233. The largest absolute Gasteiger partial charge is 0.394 e. The maximum atomic E-state index is 11.0. The van der Waals surface area contributed by atoms with E-state index in [1.807, 2.05) is 0 Å². The van der Waals surface area contributed by atoms with Gasteiger partial charge in [-0.15, -0.1) is 0 Å². The van der Waals surface area contributed by atoms with Crippen LogP contribution in [0.5, 0.6) is 0 Å². The fraction of sp³-hybridized carbons (Fsp3) is 0.875. The lowest BCUT2D eigenvalue weighted by atomic mass is 9.98. The summed E-state index contributed by atoms with van der Waals surface area (Å²) in [4.78, 5) is 11.0. The molecule has 0 bridgehead atoms. The predicted molar refractivity (Wildman–Crippen MR) is 51.4 cm³/mol. The Labute approximate surface area is 91.8 Å². The summed E-state index contributed by atoms with van der Waals surface area (Å²) >= 11 is 0. The van der Waals surface area contributed by atoms with Gasteiger partial charge in [0.05, 0.1) is 6.61 Å². The summed E-state index contributed by atoms with van der Waals surface area (Å²) in [6.45, 7) is -0.531. The molecule has 0 unspecified atom stereocenters. The molecule has 1 saturated heterocycles. The number of amides is 2. The Morgan fingerprint density at radius 1 is 1.25 bits per heavy atom. The second kappa shape index (κ2) is 5.41. The van der Waals surface area contributed by atoms with Gasteiger partial charge in [-0.25, -0.2) is 4.79 Å². The fourth-order valence-electron chi connectivity index (χ4n) is 1.42. The van der Waals surface area contributed by atoms with Crippen molar-refractivity contribution in [1.29, 1.82) is 0 Å². The van der Waals surface area contributed by atoms with Crippen LogP contribution in [0.15, 0.2) is 0 Å². The number of carbonyl (C=O) groups is 1. The van der Waals surface area contributed by atoms with Crippen LogP contribution in [0, 0.1) is 0 Å². The van der Waals surface area contributed by atoms with Gasteiger partial charge < -0.3 is 35.8 Å². The Kier molecular flexibility index (Phi) is 4.44. The van der Waals surface area contributed by atoms with Crippen LogP contribution in [0.3, 0.4) is 0 Å². The molecule has 1 fully saturated rings. The van der Waals surface area contributed by atoms with Crippen molar-refractivity contribution in [2.24, 2.45) is 0 Å². The van der Waals surface area contributed by atoms with Crippen molar-refractivity contribution in [2.75, 3.05) is 13.7 Å². The molecule has 0 aromatic rings. The Morgan fingerprint density at radius 2 is 1.88 bits per heavy atom. The van der Waals surface area contributed by atoms with E-state index >= 15 is 0 Å². The first kappa shape index (κ1) is 13.1. The SMILES string of the molecule is CNC(=O)N[C@@H]1O[C@@H](CO)[C@@H](O)[C@@H](O)[C@@H]1O. The maximum absolute atomic E-state index is 11.0. The highest BCUT2D eigenvalue weighted by atomic mass is 16.6. The number of hydrogen-bond donors (Lipinski definition) is 6. The maximum Gasteiger partial charge on any atom is 0.316 e.